The van der Waals surface area contributed by atoms with Gasteiger partial charge in [0.2, 0.25) is 0 Å². The zero-order valence-corrected chi connectivity index (χ0v) is 14.3. The Bertz CT molecular complexity index is 1030. The van der Waals surface area contributed by atoms with Gasteiger partial charge in [-0.05, 0) is 36.8 Å². The second-order valence-corrected chi connectivity index (χ2v) is 6.02. The number of pyridine rings is 1. The molecule has 2 N–H and O–H groups in total. The zero-order chi connectivity index (χ0) is 18.7. The highest BCUT2D eigenvalue weighted by molar-refractivity contribution is 6.09. The SMILES string of the molecule is CCCCn1c(=O)c(C(=O)Nc2cccc(F)c2)c(O)c2ccccc21. The lowest BCUT2D eigenvalue weighted by atomic mass is 10.1. The van der Waals surface area contributed by atoms with E-state index in [9.17, 15) is 19.1 Å². The van der Waals surface area contributed by atoms with Crippen molar-refractivity contribution < 1.29 is 14.3 Å². The summed E-state index contributed by atoms with van der Waals surface area (Å²) < 4.78 is 14.8. The molecule has 0 bridgehead atoms. The molecular weight excluding hydrogens is 335 g/mol. The number of hydrogen-bond acceptors (Lipinski definition) is 3. The minimum absolute atomic E-state index is 0.210. The highest BCUT2D eigenvalue weighted by Crippen LogP contribution is 2.27. The molecule has 6 heteroatoms. The van der Waals surface area contributed by atoms with Gasteiger partial charge in [0.05, 0.1) is 5.52 Å². The van der Waals surface area contributed by atoms with Gasteiger partial charge in [-0.3, -0.25) is 9.59 Å². The second-order valence-electron chi connectivity index (χ2n) is 6.02. The third kappa shape index (κ3) is 3.31. The van der Waals surface area contributed by atoms with Crippen molar-refractivity contribution in [3.8, 4) is 5.75 Å². The molecule has 0 unspecified atom stereocenters. The van der Waals surface area contributed by atoms with Crippen LogP contribution < -0.4 is 10.9 Å². The number of unbranched alkanes of at least 4 members (excludes halogenated alkanes) is 1. The average Bonchev–Trinajstić information content (AvgIpc) is 2.62. The van der Waals surface area contributed by atoms with Crippen molar-refractivity contribution in [1.29, 1.82) is 0 Å². The Morgan fingerprint density at radius 3 is 2.69 bits per heavy atom. The van der Waals surface area contributed by atoms with E-state index in [-0.39, 0.29) is 17.0 Å². The van der Waals surface area contributed by atoms with E-state index in [0.29, 0.717) is 17.4 Å². The molecule has 1 aromatic heterocycles. The Balaban J connectivity index is 2.12. The number of nitrogens with zero attached hydrogens (tertiary/aromatic N) is 1. The summed E-state index contributed by atoms with van der Waals surface area (Å²) in [7, 11) is 0. The minimum atomic E-state index is -0.769. The van der Waals surface area contributed by atoms with Gasteiger partial charge in [-0.1, -0.05) is 31.5 Å². The van der Waals surface area contributed by atoms with Gasteiger partial charge < -0.3 is 15.0 Å². The van der Waals surface area contributed by atoms with Gasteiger partial charge in [-0.2, -0.15) is 0 Å². The van der Waals surface area contributed by atoms with Crippen molar-refractivity contribution in [3.63, 3.8) is 0 Å². The smallest absolute Gasteiger partial charge is 0.267 e. The number of rotatable bonds is 5. The Hall–Kier alpha value is -3.15. The predicted octanol–water partition coefficient (Wildman–Crippen LogP) is 3.90. The third-order valence-electron chi connectivity index (χ3n) is 4.19. The highest BCUT2D eigenvalue weighted by Gasteiger charge is 2.22. The molecule has 1 heterocycles. The summed E-state index contributed by atoms with van der Waals surface area (Å²) in [4.78, 5) is 25.5. The van der Waals surface area contributed by atoms with Crippen LogP contribution in [-0.4, -0.2) is 15.6 Å². The fourth-order valence-corrected chi connectivity index (χ4v) is 2.89. The molecule has 2 aromatic carbocycles. The van der Waals surface area contributed by atoms with Crippen LogP contribution in [0.3, 0.4) is 0 Å². The van der Waals surface area contributed by atoms with Crippen molar-refractivity contribution >= 4 is 22.5 Å². The number of hydrogen-bond donors (Lipinski definition) is 2. The summed E-state index contributed by atoms with van der Waals surface area (Å²) in [5, 5.41) is 13.4. The Morgan fingerprint density at radius 2 is 1.96 bits per heavy atom. The molecule has 0 spiro atoms. The Labute approximate surface area is 149 Å². The van der Waals surface area contributed by atoms with Gasteiger partial charge >= 0.3 is 0 Å². The molecule has 0 fully saturated rings. The maximum Gasteiger partial charge on any atom is 0.267 e. The van der Waals surface area contributed by atoms with Gasteiger partial charge in [0.15, 0.2) is 0 Å². The van der Waals surface area contributed by atoms with Crippen LogP contribution in [0.25, 0.3) is 10.9 Å². The number of halogens is 1. The van der Waals surface area contributed by atoms with Crippen LogP contribution in [0.1, 0.15) is 30.1 Å². The zero-order valence-electron chi connectivity index (χ0n) is 14.3. The molecule has 0 atom stereocenters. The van der Waals surface area contributed by atoms with Crippen LogP contribution in [-0.2, 0) is 6.54 Å². The minimum Gasteiger partial charge on any atom is -0.506 e. The van der Waals surface area contributed by atoms with Crippen molar-refractivity contribution in [2.24, 2.45) is 0 Å². The van der Waals surface area contributed by atoms with E-state index in [0.717, 1.165) is 18.9 Å². The lowest BCUT2D eigenvalue weighted by Crippen LogP contribution is -2.30. The van der Waals surface area contributed by atoms with E-state index >= 15 is 0 Å². The number of para-hydroxylation sites is 1. The van der Waals surface area contributed by atoms with Crippen molar-refractivity contribution in [1.82, 2.24) is 4.57 Å². The van der Waals surface area contributed by atoms with E-state index in [4.69, 9.17) is 0 Å². The number of aromatic hydroxyl groups is 1. The van der Waals surface area contributed by atoms with Crippen LogP contribution in [0.4, 0.5) is 10.1 Å². The molecule has 3 rings (SSSR count). The van der Waals surface area contributed by atoms with Gasteiger partial charge in [0.1, 0.15) is 17.1 Å². The van der Waals surface area contributed by atoms with Crippen LogP contribution >= 0.6 is 0 Å². The van der Waals surface area contributed by atoms with Crippen LogP contribution in [0.5, 0.6) is 5.75 Å². The second kappa shape index (κ2) is 7.39. The number of aromatic nitrogens is 1. The first-order valence-corrected chi connectivity index (χ1v) is 8.44. The molecule has 0 radical (unpaired) electrons. The summed E-state index contributed by atoms with van der Waals surface area (Å²) in [5.74, 6) is -1.65. The molecular formula is C20H19FN2O3. The van der Waals surface area contributed by atoms with Crippen LogP contribution in [0.15, 0.2) is 53.3 Å². The molecule has 26 heavy (non-hydrogen) atoms. The van der Waals surface area contributed by atoms with Gasteiger partial charge in [0.25, 0.3) is 11.5 Å². The first-order valence-electron chi connectivity index (χ1n) is 8.44. The number of anilines is 1. The number of amides is 1. The summed E-state index contributed by atoms with van der Waals surface area (Å²) in [6.07, 6.45) is 1.64. The third-order valence-corrected chi connectivity index (χ3v) is 4.19. The fraction of sp³-hybridized carbons (Fsp3) is 0.200. The molecule has 0 aliphatic rings. The first kappa shape index (κ1) is 17.7. The molecule has 0 saturated heterocycles. The molecule has 0 aliphatic heterocycles. The summed E-state index contributed by atoms with van der Waals surface area (Å²) in [5.41, 5.74) is -0.125. The number of nitrogens with one attached hydrogen (secondary N) is 1. The Kier molecular flexibility index (Phi) is 5.02. The van der Waals surface area contributed by atoms with Crippen LogP contribution in [0, 0.1) is 5.82 Å². The molecule has 0 saturated carbocycles. The van der Waals surface area contributed by atoms with Crippen molar-refractivity contribution in [2.45, 2.75) is 26.3 Å². The largest absolute Gasteiger partial charge is 0.506 e. The molecule has 0 aliphatic carbocycles. The lowest BCUT2D eigenvalue weighted by Gasteiger charge is -2.14. The first-order chi connectivity index (χ1) is 12.5. The topological polar surface area (TPSA) is 71.3 Å². The molecule has 1 amide bonds. The number of benzene rings is 2. The molecule has 3 aromatic rings. The number of carbonyl (C=O) groups is 1. The van der Waals surface area contributed by atoms with Crippen molar-refractivity contribution in [3.05, 3.63) is 70.3 Å². The van der Waals surface area contributed by atoms with Gasteiger partial charge in [0, 0.05) is 17.6 Å². The standard InChI is InChI=1S/C20H19FN2O3/c1-2-3-11-23-16-10-5-4-9-15(16)18(24)17(20(23)26)19(25)22-14-8-6-7-13(21)12-14/h4-10,12,24H,2-3,11H2,1H3,(H,22,25). The molecule has 134 valence electrons. The van der Waals surface area contributed by atoms with E-state index in [1.54, 1.807) is 24.3 Å². The lowest BCUT2D eigenvalue weighted by molar-refractivity contribution is 0.102. The van der Waals surface area contributed by atoms with Gasteiger partial charge in [-0.15, -0.1) is 0 Å². The van der Waals surface area contributed by atoms with E-state index in [1.165, 1.54) is 22.8 Å². The quantitative estimate of drug-likeness (QED) is 0.730. The predicted molar refractivity (Wildman–Crippen MR) is 99.1 cm³/mol. The molecule has 5 nitrogen and oxygen atoms in total. The number of aryl methyl sites for hydroxylation is 1. The maximum absolute atomic E-state index is 13.3. The van der Waals surface area contributed by atoms with E-state index in [1.807, 2.05) is 6.92 Å². The van der Waals surface area contributed by atoms with Crippen molar-refractivity contribution in [2.75, 3.05) is 5.32 Å². The highest BCUT2D eigenvalue weighted by atomic mass is 19.1. The maximum atomic E-state index is 13.3. The summed E-state index contributed by atoms with van der Waals surface area (Å²) >= 11 is 0. The fourth-order valence-electron chi connectivity index (χ4n) is 2.89. The normalized spacial score (nSPS) is 10.8. The number of carbonyl (C=O) groups excluding carboxylic acids is 1. The van der Waals surface area contributed by atoms with Gasteiger partial charge in [-0.25, -0.2) is 4.39 Å². The van der Waals surface area contributed by atoms with Crippen LogP contribution in [0.2, 0.25) is 0 Å². The monoisotopic (exact) mass is 354 g/mol. The summed E-state index contributed by atoms with van der Waals surface area (Å²) in [6, 6.07) is 12.2. The van der Waals surface area contributed by atoms with E-state index in [2.05, 4.69) is 5.32 Å². The average molecular weight is 354 g/mol. The Morgan fingerprint density at radius 1 is 1.19 bits per heavy atom. The summed E-state index contributed by atoms with van der Waals surface area (Å²) in [6.45, 7) is 2.45. The number of fused-ring (bicyclic) bond motifs is 1. The van der Waals surface area contributed by atoms with E-state index < -0.39 is 17.3 Å².